The first-order valence-corrected chi connectivity index (χ1v) is 7.87. The predicted molar refractivity (Wildman–Crippen MR) is 87.0 cm³/mol. The van der Waals surface area contributed by atoms with E-state index in [1.807, 2.05) is 48.5 Å². The summed E-state index contributed by atoms with van der Waals surface area (Å²) >= 11 is 0. The second kappa shape index (κ2) is 5.52. The lowest BCUT2D eigenvalue weighted by Gasteiger charge is -2.30. The van der Waals surface area contributed by atoms with Crippen LogP contribution in [0, 0.1) is 0 Å². The van der Waals surface area contributed by atoms with E-state index in [4.69, 9.17) is 0 Å². The first-order valence-electron chi connectivity index (χ1n) is 7.87. The number of anilines is 1. The van der Waals surface area contributed by atoms with Crippen molar-refractivity contribution in [2.75, 3.05) is 25.0 Å². The summed E-state index contributed by atoms with van der Waals surface area (Å²) in [7, 11) is 0. The Kier molecular flexibility index (Phi) is 3.35. The molecule has 0 saturated carbocycles. The molecule has 2 heterocycles. The van der Waals surface area contributed by atoms with E-state index in [1.54, 1.807) is 4.90 Å². The van der Waals surface area contributed by atoms with E-state index in [2.05, 4.69) is 10.6 Å². The molecule has 5 nitrogen and oxygen atoms in total. The van der Waals surface area contributed by atoms with Gasteiger partial charge in [0.05, 0.1) is 24.3 Å². The molecule has 1 fully saturated rings. The van der Waals surface area contributed by atoms with Crippen LogP contribution in [0.2, 0.25) is 0 Å². The maximum Gasteiger partial charge on any atom is 0.257 e. The molecule has 0 spiro atoms. The van der Waals surface area contributed by atoms with Crippen molar-refractivity contribution < 1.29 is 14.9 Å². The number of rotatable bonds is 1. The number of carbonyl (C=O) groups is 2. The zero-order valence-electron chi connectivity index (χ0n) is 12.7. The van der Waals surface area contributed by atoms with Gasteiger partial charge < -0.3 is 15.5 Å². The lowest BCUT2D eigenvalue weighted by atomic mass is 10.0. The number of fused-ring (bicyclic) bond motifs is 2. The van der Waals surface area contributed by atoms with E-state index in [9.17, 15) is 9.59 Å². The minimum Gasteiger partial charge on any atom is -0.343 e. The van der Waals surface area contributed by atoms with Gasteiger partial charge in [-0.05, 0) is 23.3 Å². The van der Waals surface area contributed by atoms with E-state index < -0.39 is 0 Å². The fourth-order valence-electron chi connectivity index (χ4n) is 3.29. The number of amides is 2. The Bertz CT molecular complexity index is 773. The molecule has 0 unspecified atom stereocenters. The first kappa shape index (κ1) is 14.0. The number of hydrogen-bond acceptors (Lipinski definition) is 2. The minimum atomic E-state index is -0.385. The van der Waals surface area contributed by atoms with Gasteiger partial charge in [-0.2, -0.15) is 0 Å². The molecule has 2 aliphatic heterocycles. The van der Waals surface area contributed by atoms with Crippen molar-refractivity contribution in [3.63, 3.8) is 0 Å². The third-order valence-electron chi connectivity index (χ3n) is 4.52. The molecular weight excluding hydrogens is 290 g/mol. The summed E-state index contributed by atoms with van der Waals surface area (Å²) in [4.78, 5) is 27.0. The summed E-state index contributed by atoms with van der Waals surface area (Å²) in [6.45, 7) is 2.06. The van der Waals surface area contributed by atoms with E-state index >= 15 is 0 Å². The van der Waals surface area contributed by atoms with Gasteiger partial charge in [0, 0.05) is 0 Å². The molecule has 0 bridgehead atoms. The molecule has 23 heavy (non-hydrogen) atoms. The van der Waals surface area contributed by atoms with Gasteiger partial charge in [-0.3, -0.25) is 9.59 Å². The second-order valence-corrected chi connectivity index (χ2v) is 5.94. The minimum absolute atomic E-state index is 0.0609. The summed E-state index contributed by atoms with van der Waals surface area (Å²) < 4.78 is 0. The molecule has 0 aliphatic carbocycles. The van der Waals surface area contributed by atoms with E-state index in [1.165, 1.54) is 0 Å². The van der Waals surface area contributed by atoms with Crippen molar-refractivity contribution in [3.8, 4) is 11.1 Å². The van der Waals surface area contributed by atoms with E-state index in [-0.39, 0.29) is 17.9 Å². The quantitative estimate of drug-likeness (QED) is 0.814. The van der Waals surface area contributed by atoms with Crippen LogP contribution in [-0.4, -0.2) is 42.4 Å². The molecule has 2 aliphatic rings. The largest absolute Gasteiger partial charge is 0.343 e. The summed E-state index contributed by atoms with van der Waals surface area (Å²) in [6.07, 6.45) is 0. The summed E-state index contributed by atoms with van der Waals surface area (Å²) in [5.41, 5.74) is 3.22. The van der Waals surface area contributed by atoms with E-state index in [0.29, 0.717) is 24.3 Å². The Hall–Kier alpha value is -2.66. The molecule has 1 saturated heterocycles. The predicted octanol–water partition coefficient (Wildman–Crippen LogP) is 0.693. The van der Waals surface area contributed by atoms with Gasteiger partial charge in [-0.25, -0.2) is 0 Å². The van der Waals surface area contributed by atoms with Crippen LogP contribution in [0.4, 0.5) is 5.69 Å². The monoisotopic (exact) mass is 308 g/mol. The molecule has 5 heteroatoms. The second-order valence-electron chi connectivity index (χ2n) is 5.94. The number of nitrogens with zero attached hydrogens (tertiary/aromatic N) is 1. The Morgan fingerprint density at radius 3 is 2.70 bits per heavy atom. The molecule has 1 atom stereocenters. The van der Waals surface area contributed by atoms with Crippen LogP contribution in [0.1, 0.15) is 10.4 Å². The highest BCUT2D eigenvalue weighted by atomic mass is 16.2. The van der Waals surface area contributed by atoms with Crippen LogP contribution in [-0.2, 0) is 4.79 Å². The van der Waals surface area contributed by atoms with Crippen LogP contribution in [0.3, 0.4) is 0 Å². The van der Waals surface area contributed by atoms with Gasteiger partial charge in [-0.15, -0.1) is 0 Å². The average Bonchev–Trinajstić information content (AvgIpc) is 2.71. The molecule has 3 N–H and O–H groups in total. The highest BCUT2D eigenvalue weighted by Crippen LogP contribution is 2.29. The SMILES string of the molecule is O=C1Nc2ccc(-c3ccccc3)cc2C(=O)N2CC[NH2+]C[C@H]12. The van der Waals surface area contributed by atoms with Gasteiger partial charge >= 0.3 is 0 Å². The number of benzene rings is 2. The number of piperazine rings is 1. The number of carbonyl (C=O) groups excluding carboxylic acids is 2. The Labute approximate surface area is 134 Å². The number of quaternary nitrogens is 1. The maximum atomic E-state index is 12.9. The van der Waals surface area contributed by atoms with Crippen LogP contribution >= 0.6 is 0 Å². The van der Waals surface area contributed by atoms with Crippen LogP contribution in [0.25, 0.3) is 11.1 Å². The molecule has 4 rings (SSSR count). The van der Waals surface area contributed by atoms with E-state index in [0.717, 1.165) is 17.7 Å². The first-order chi connectivity index (χ1) is 11.2. The molecule has 2 aromatic rings. The van der Waals surface area contributed by atoms with Crippen molar-refractivity contribution in [3.05, 3.63) is 54.1 Å². The Morgan fingerprint density at radius 1 is 1.04 bits per heavy atom. The topological polar surface area (TPSA) is 66.0 Å². The van der Waals surface area contributed by atoms with Crippen LogP contribution in [0.5, 0.6) is 0 Å². The Balaban J connectivity index is 1.79. The third kappa shape index (κ3) is 2.39. The lowest BCUT2D eigenvalue weighted by molar-refractivity contribution is -0.665. The maximum absolute atomic E-state index is 12.9. The zero-order chi connectivity index (χ0) is 15.8. The van der Waals surface area contributed by atoms with Gasteiger partial charge in [0.2, 0.25) is 0 Å². The smallest absolute Gasteiger partial charge is 0.257 e. The normalized spacial score (nSPS) is 20.3. The van der Waals surface area contributed by atoms with Crippen molar-refractivity contribution in [2.45, 2.75) is 6.04 Å². The van der Waals surface area contributed by atoms with Gasteiger partial charge in [0.1, 0.15) is 6.54 Å². The molecule has 116 valence electrons. The summed E-state index contributed by atoms with van der Waals surface area (Å²) in [5.74, 6) is -0.158. The molecule has 2 aromatic carbocycles. The highest BCUT2D eigenvalue weighted by Gasteiger charge is 2.38. The highest BCUT2D eigenvalue weighted by molar-refractivity contribution is 6.10. The van der Waals surface area contributed by atoms with Crippen LogP contribution < -0.4 is 10.6 Å². The van der Waals surface area contributed by atoms with Crippen molar-refractivity contribution in [2.24, 2.45) is 0 Å². The fraction of sp³-hybridized carbons (Fsp3) is 0.222. The van der Waals surface area contributed by atoms with Crippen molar-refractivity contribution in [1.82, 2.24) is 4.90 Å². The Morgan fingerprint density at radius 2 is 1.87 bits per heavy atom. The molecular formula is C18H18N3O2+. The number of nitrogens with two attached hydrogens (primary N) is 1. The van der Waals surface area contributed by atoms with Gasteiger partial charge in [0.15, 0.2) is 6.04 Å². The average molecular weight is 308 g/mol. The number of nitrogens with one attached hydrogen (secondary N) is 1. The standard InChI is InChI=1S/C18H17N3O2/c22-17-16-11-19-8-9-21(16)18(23)14-10-13(6-7-15(14)20-17)12-4-2-1-3-5-12/h1-7,10,16,19H,8-9,11H2,(H,20,22)/p+1/t16-/m1/s1. The number of hydrogen-bond donors (Lipinski definition) is 2. The lowest BCUT2D eigenvalue weighted by Crippen LogP contribution is -2.92. The van der Waals surface area contributed by atoms with Gasteiger partial charge in [-0.1, -0.05) is 36.4 Å². The molecule has 2 amide bonds. The third-order valence-corrected chi connectivity index (χ3v) is 4.52. The summed E-state index contributed by atoms with van der Waals surface area (Å²) in [6, 6.07) is 15.2. The molecule has 0 aromatic heterocycles. The van der Waals surface area contributed by atoms with Gasteiger partial charge in [0.25, 0.3) is 11.8 Å². The molecule has 0 radical (unpaired) electrons. The van der Waals surface area contributed by atoms with Crippen molar-refractivity contribution in [1.29, 1.82) is 0 Å². The summed E-state index contributed by atoms with van der Waals surface area (Å²) in [5, 5.41) is 4.99. The van der Waals surface area contributed by atoms with Crippen molar-refractivity contribution >= 4 is 17.5 Å². The fourth-order valence-corrected chi connectivity index (χ4v) is 3.29. The van der Waals surface area contributed by atoms with Crippen LogP contribution in [0.15, 0.2) is 48.5 Å². The zero-order valence-corrected chi connectivity index (χ0v) is 12.7.